The molecule has 2 heterocycles. The van der Waals surface area contributed by atoms with Gasteiger partial charge in [-0.25, -0.2) is 4.79 Å². The maximum atomic E-state index is 12.9. The third-order valence-electron chi connectivity index (χ3n) is 6.11. The van der Waals surface area contributed by atoms with Crippen LogP contribution in [0.2, 0.25) is 5.02 Å². The molecule has 0 aliphatic rings. The summed E-state index contributed by atoms with van der Waals surface area (Å²) < 4.78 is 6.81. The quantitative estimate of drug-likeness (QED) is 0.246. The van der Waals surface area contributed by atoms with E-state index < -0.39 is 17.7 Å². The zero-order valence-electron chi connectivity index (χ0n) is 23.8. The van der Waals surface area contributed by atoms with E-state index in [0.717, 1.165) is 10.9 Å². The number of carbonyl (C=O) groups is 1. The standard InChI is InChI=1S/C31H33ClN6O2/c1-9-24(21-11-10-12-25-26(21)18(2)37-38(25)29(39)40-31(6,7)8)36-20-13-22-27(35-17-30(3,4)5)19(15-33)16-34-28(22)23(32)14-20/h1,10-14,16,24,36H,17H2,2-8H3,(H,34,35)/t24-/m1/s1. The van der Waals surface area contributed by atoms with Crippen LogP contribution in [0.1, 0.15) is 64.4 Å². The van der Waals surface area contributed by atoms with Crippen molar-refractivity contribution in [3.05, 3.63) is 58.4 Å². The van der Waals surface area contributed by atoms with Gasteiger partial charge in [0, 0.05) is 29.2 Å². The lowest BCUT2D eigenvalue weighted by Gasteiger charge is -2.22. The summed E-state index contributed by atoms with van der Waals surface area (Å²) >= 11 is 6.67. The molecule has 2 aromatic carbocycles. The van der Waals surface area contributed by atoms with Gasteiger partial charge in [0.1, 0.15) is 17.7 Å². The Labute approximate surface area is 239 Å². The summed E-state index contributed by atoms with van der Waals surface area (Å²) in [6, 6.07) is 10.8. The summed E-state index contributed by atoms with van der Waals surface area (Å²) in [6.07, 6.45) is 7.00. The highest BCUT2D eigenvalue weighted by Gasteiger charge is 2.24. The van der Waals surface area contributed by atoms with Crippen LogP contribution in [-0.4, -0.2) is 33.0 Å². The molecule has 206 valence electrons. The van der Waals surface area contributed by atoms with E-state index in [1.807, 2.05) is 31.2 Å². The summed E-state index contributed by atoms with van der Waals surface area (Å²) in [5, 5.41) is 22.9. The second-order valence-corrected chi connectivity index (χ2v) is 12.3. The molecular weight excluding hydrogens is 524 g/mol. The van der Waals surface area contributed by atoms with Gasteiger partial charge in [-0.2, -0.15) is 15.0 Å². The molecule has 4 rings (SSSR count). The number of nitrogens with zero attached hydrogens (tertiary/aromatic N) is 4. The number of hydrogen-bond acceptors (Lipinski definition) is 7. The van der Waals surface area contributed by atoms with Crippen molar-refractivity contribution in [2.24, 2.45) is 5.41 Å². The summed E-state index contributed by atoms with van der Waals surface area (Å²) in [4.78, 5) is 17.3. The molecule has 0 spiro atoms. The number of benzene rings is 2. The van der Waals surface area contributed by atoms with Gasteiger partial charge in [-0.05, 0) is 56.9 Å². The van der Waals surface area contributed by atoms with Crippen molar-refractivity contribution >= 4 is 50.9 Å². The molecule has 2 N–H and O–H groups in total. The average Bonchev–Trinajstić information content (AvgIpc) is 3.21. The number of terminal acetylenes is 1. The second kappa shape index (κ2) is 10.7. The zero-order chi connectivity index (χ0) is 29.4. The van der Waals surface area contributed by atoms with Crippen LogP contribution in [-0.2, 0) is 4.74 Å². The average molecular weight is 557 g/mol. The topological polar surface area (TPSA) is 105 Å². The van der Waals surface area contributed by atoms with Crippen molar-refractivity contribution in [1.29, 1.82) is 5.26 Å². The van der Waals surface area contributed by atoms with Crippen LogP contribution in [0.4, 0.5) is 16.2 Å². The van der Waals surface area contributed by atoms with E-state index in [0.29, 0.717) is 50.6 Å². The number of pyridine rings is 1. The van der Waals surface area contributed by atoms with Crippen LogP contribution >= 0.6 is 11.6 Å². The first-order valence-corrected chi connectivity index (χ1v) is 13.3. The number of fused-ring (bicyclic) bond motifs is 2. The maximum Gasteiger partial charge on any atom is 0.435 e. The maximum absolute atomic E-state index is 12.9. The van der Waals surface area contributed by atoms with Crippen molar-refractivity contribution in [3.63, 3.8) is 0 Å². The zero-order valence-corrected chi connectivity index (χ0v) is 24.6. The summed E-state index contributed by atoms with van der Waals surface area (Å²) in [5.41, 5.74) is 3.66. The van der Waals surface area contributed by atoms with E-state index in [1.54, 1.807) is 26.8 Å². The molecular formula is C31H33ClN6O2. The molecule has 0 amide bonds. The van der Waals surface area contributed by atoms with Crippen LogP contribution in [0.15, 0.2) is 36.5 Å². The van der Waals surface area contributed by atoms with Gasteiger partial charge >= 0.3 is 6.09 Å². The van der Waals surface area contributed by atoms with Gasteiger partial charge in [-0.1, -0.05) is 50.4 Å². The molecule has 0 unspecified atom stereocenters. The SMILES string of the molecule is C#C[C@@H](Nc1cc(Cl)c2ncc(C#N)c(NCC(C)(C)C)c2c1)c1cccc2c1c(C)nn2C(=O)OC(C)(C)C. The van der Waals surface area contributed by atoms with Crippen molar-refractivity contribution in [2.75, 3.05) is 17.2 Å². The van der Waals surface area contributed by atoms with E-state index in [9.17, 15) is 10.1 Å². The van der Waals surface area contributed by atoms with Crippen LogP contribution in [0.25, 0.3) is 21.8 Å². The highest BCUT2D eigenvalue weighted by Crippen LogP contribution is 2.36. The first-order chi connectivity index (χ1) is 18.7. The Morgan fingerprint density at radius 2 is 1.95 bits per heavy atom. The fourth-order valence-electron chi connectivity index (χ4n) is 4.41. The van der Waals surface area contributed by atoms with E-state index in [4.69, 9.17) is 22.8 Å². The van der Waals surface area contributed by atoms with Crippen LogP contribution < -0.4 is 10.6 Å². The number of anilines is 2. The lowest BCUT2D eigenvalue weighted by Crippen LogP contribution is -2.27. The fourth-order valence-corrected chi connectivity index (χ4v) is 4.68. The highest BCUT2D eigenvalue weighted by molar-refractivity contribution is 6.35. The minimum absolute atomic E-state index is 0.0170. The molecule has 0 bridgehead atoms. The van der Waals surface area contributed by atoms with E-state index in [-0.39, 0.29) is 5.41 Å². The molecule has 9 heteroatoms. The number of hydrogen-bond donors (Lipinski definition) is 2. The van der Waals surface area contributed by atoms with Crippen molar-refractivity contribution < 1.29 is 9.53 Å². The van der Waals surface area contributed by atoms with Crippen LogP contribution in [0.5, 0.6) is 0 Å². The van der Waals surface area contributed by atoms with Crippen molar-refractivity contribution in [2.45, 2.75) is 60.1 Å². The fraction of sp³-hybridized carbons (Fsp3) is 0.355. The van der Waals surface area contributed by atoms with Crippen LogP contribution in [0, 0.1) is 36.0 Å². The largest absolute Gasteiger partial charge is 0.442 e. The monoisotopic (exact) mass is 556 g/mol. The lowest BCUT2D eigenvalue weighted by atomic mass is 9.96. The Bertz CT molecular complexity index is 1700. The highest BCUT2D eigenvalue weighted by atomic mass is 35.5. The first kappa shape index (κ1) is 28.7. The third kappa shape index (κ3) is 5.98. The molecule has 0 aliphatic carbocycles. The Hall–Kier alpha value is -4.27. The molecule has 1 atom stereocenters. The molecule has 40 heavy (non-hydrogen) atoms. The van der Waals surface area contributed by atoms with Crippen molar-refractivity contribution in [1.82, 2.24) is 14.8 Å². The molecule has 0 saturated heterocycles. The minimum atomic E-state index is -0.667. The molecule has 4 aromatic rings. The number of aromatic nitrogens is 3. The van der Waals surface area contributed by atoms with Gasteiger partial charge in [0.2, 0.25) is 0 Å². The summed E-state index contributed by atoms with van der Waals surface area (Å²) in [5.74, 6) is 2.82. The van der Waals surface area contributed by atoms with E-state index in [2.05, 4.69) is 53.5 Å². The summed E-state index contributed by atoms with van der Waals surface area (Å²) in [7, 11) is 0. The molecule has 0 radical (unpaired) electrons. The smallest absolute Gasteiger partial charge is 0.435 e. The van der Waals surface area contributed by atoms with Gasteiger partial charge in [0.25, 0.3) is 0 Å². The number of rotatable bonds is 5. The first-order valence-electron chi connectivity index (χ1n) is 12.9. The summed E-state index contributed by atoms with van der Waals surface area (Å²) in [6.45, 7) is 14.2. The second-order valence-electron chi connectivity index (χ2n) is 11.9. The molecule has 0 fully saturated rings. The lowest BCUT2D eigenvalue weighted by molar-refractivity contribution is 0.0522. The number of ether oxygens (including phenoxy) is 1. The van der Waals surface area contributed by atoms with Gasteiger partial charge in [-0.3, -0.25) is 4.98 Å². The minimum Gasteiger partial charge on any atom is -0.442 e. The molecule has 2 aromatic heterocycles. The third-order valence-corrected chi connectivity index (χ3v) is 6.40. The number of aryl methyl sites for hydroxylation is 1. The molecule has 0 saturated carbocycles. The predicted molar refractivity (Wildman–Crippen MR) is 161 cm³/mol. The number of nitriles is 1. The normalized spacial score (nSPS) is 12.6. The van der Waals surface area contributed by atoms with Gasteiger partial charge in [-0.15, -0.1) is 6.42 Å². The number of carbonyl (C=O) groups excluding carboxylic acids is 1. The van der Waals surface area contributed by atoms with Crippen LogP contribution in [0.3, 0.4) is 0 Å². The van der Waals surface area contributed by atoms with E-state index >= 15 is 0 Å². The van der Waals surface area contributed by atoms with Gasteiger partial charge in [0.05, 0.1) is 33.0 Å². The predicted octanol–water partition coefficient (Wildman–Crippen LogP) is 7.45. The number of halogens is 1. The molecule has 0 aliphatic heterocycles. The Balaban J connectivity index is 1.78. The Kier molecular flexibility index (Phi) is 7.70. The Morgan fingerprint density at radius 1 is 1.23 bits per heavy atom. The number of nitrogens with one attached hydrogen (secondary N) is 2. The van der Waals surface area contributed by atoms with Gasteiger partial charge in [0.15, 0.2) is 0 Å². The van der Waals surface area contributed by atoms with E-state index in [1.165, 1.54) is 10.9 Å². The van der Waals surface area contributed by atoms with Crippen molar-refractivity contribution in [3.8, 4) is 18.4 Å². The Morgan fingerprint density at radius 3 is 2.58 bits per heavy atom. The van der Waals surface area contributed by atoms with Gasteiger partial charge < -0.3 is 15.4 Å². The molecule has 8 nitrogen and oxygen atoms in total.